The van der Waals surface area contributed by atoms with E-state index in [9.17, 15) is 9.90 Å². The molecule has 1 aliphatic carbocycles. The number of nitrogens with zero attached hydrogens (tertiary/aromatic N) is 2. The molecule has 1 N–H and O–H groups in total. The number of hydrogen-bond donors (Lipinski definition) is 1. The Balaban J connectivity index is 1.95. The first-order valence-electron chi connectivity index (χ1n) is 6.07. The van der Waals surface area contributed by atoms with E-state index in [1.165, 1.54) is 16.0 Å². The van der Waals surface area contributed by atoms with Crippen LogP contribution in [0.5, 0.6) is 0 Å². The van der Waals surface area contributed by atoms with Crippen molar-refractivity contribution in [3.05, 3.63) is 28.1 Å². The first-order valence-corrected chi connectivity index (χ1v) is 6.95. The zero-order valence-electron chi connectivity index (χ0n) is 9.78. The van der Waals surface area contributed by atoms with Crippen molar-refractivity contribution in [2.75, 3.05) is 0 Å². The summed E-state index contributed by atoms with van der Waals surface area (Å²) in [6.07, 6.45) is 3.01. The Morgan fingerprint density at radius 2 is 2.28 bits per heavy atom. The third-order valence-electron chi connectivity index (χ3n) is 3.31. The first kappa shape index (κ1) is 11.7. The van der Waals surface area contributed by atoms with E-state index in [0.717, 1.165) is 30.6 Å². The molecule has 0 aliphatic heterocycles. The summed E-state index contributed by atoms with van der Waals surface area (Å²) in [6, 6.07) is 3.50. The fraction of sp³-hybridized carbons (Fsp3) is 0.500. The van der Waals surface area contributed by atoms with Gasteiger partial charge in [-0.05, 0) is 24.3 Å². The van der Waals surface area contributed by atoms with Gasteiger partial charge in [0.1, 0.15) is 0 Å². The zero-order chi connectivity index (χ0) is 12.5. The van der Waals surface area contributed by atoms with Crippen molar-refractivity contribution >= 4 is 11.3 Å². The Bertz CT molecular complexity index is 572. The van der Waals surface area contributed by atoms with Gasteiger partial charge in [-0.3, -0.25) is 0 Å². The Hall–Kier alpha value is -1.40. The molecule has 2 unspecified atom stereocenters. The molecular weight excluding hydrogens is 252 g/mol. The maximum Gasteiger partial charge on any atom is 0.437 e. The Labute approximate surface area is 108 Å². The molecule has 0 spiro atoms. The number of hydrogen-bond acceptors (Lipinski definition) is 5. The van der Waals surface area contributed by atoms with Crippen LogP contribution in [0.4, 0.5) is 0 Å². The summed E-state index contributed by atoms with van der Waals surface area (Å²) < 4.78 is 6.46. The van der Waals surface area contributed by atoms with Crippen LogP contribution in [0.3, 0.4) is 0 Å². The van der Waals surface area contributed by atoms with Gasteiger partial charge < -0.3 is 9.52 Å². The Morgan fingerprint density at radius 1 is 1.44 bits per heavy atom. The molecule has 0 aromatic carbocycles. The molecule has 0 amide bonds. The lowest BCUT2D eigenvalue weighted by atomic mass is 9.93. The molecule has 5 nitrogen and oxygen atoms in total. The summed E-state index contributed by atoms with van der Waals surface area (Å²) in [5.41, 5.74) is 0. The van der Waals surface area contributed by atoms with E-state index in [2.05, 4.69) is 5.10 Å². The molecule has 96 valence electrons. The van der Waals surface area contributed by atoms with Crippen LogP contribution in [-0.2, 0) is 0 Å². The van der Waals surface area contributed by atoms with E-state index >= 15 is 0 Å². The zero-order valence-corrected chi connectivity index (χ0v) is 10.6. The van der Waals surface area contributed by atoms with Gasteiger partial charge in [0.25, 0.3) is 5.89 Å². The summed E-state index contributed by atoms with van der Waals surface area (Å²) in [5, 5.41) is 16.1. The topological polar surface area (TPSA) is 68.3 Å². The molecule has 1 saturated carbocycles. The maximum atomic E-state index is 11.8. The van der Waals surface area contributed by atoms with Crippen LogP contribution in [-0.4, -0.2) is 21.0 Å². The van der Waals surface area contributed by atoms with Crippen LogP contribution < -0.4 is 5.76 Å². The van der Waals surface area contributed by atoms with Crippen molar-refractivity contribution in [3.63, 3.8) is 0 Å². The Kier molecular flexibility index (Phi) is 3.05. The van der Waals surface area contributed by atoms with Gasteiger partial charge >= 0.3 is 5.76 Å². The fourth-order valence-electron chi connectivity index (χ4n) is 2.37. The predicted molar refractivity (Wildman–Crippen MR) is 67.6 cm³/mol. The van der Waals surface area contributed by atoms with E-state index in [0.29, 0.717) is 5.89 Å². The van der Waals surface area contributed by atoms with Crippen molar-refractivity contribution in [2.24, 2.45) is 0 Å². The monoisotopic (exact) mass is 266 g/mol. The molecular formula is C12H14N2O3S. The Morgan fingerprint density at radius 3 is 3.00 bits per heavy atom. The van der Waals surface area contributed by atoms with Crippen LogP contribution in [0, 0.1) is 0 Å². The maximum absolute atomic E-state index is 11.8. The number of aliphatic hydroxyl groups is 1. The van der Waals surface area contributed by atoms with E-state index in [-0.39, 0.29) is 6.04 Å². The molecule has 2 atom stereocenters. The van der Waals surface area contributed by atoms with E-state index in [1.54, 1.807) is 0 Å². The van der Waals surface area contributed by atoms with Crippen molar-refractivity contribution < 1.29 is 9.52 Å². The van der Waals surface area contributed by atoms with Crippen molar-refractivity contribution in [3.8, 4) is 10.8 Å². The molecule has 2 heterocycles. The highest BCUT2D eigenvalue weighted by molar-refractivity contribution is 7.13. The molecule has 2 aromatic heterocycles. The van der Waals surface area contributed by atoms with Crippen molar-refractivity contribution in [1.82, 2.24) is 9.78 Å². The highest BCUT2D eigenvalue weighted by Gasteiger charge is 2.28. The van der Waals surface area contributed by atoms with Gasteiger partial charge in [0.2, 0.25) is 0 Å². The minimum Gasteiger partial charge on any atom is -0.391 e. The molecule has 0 bridgehead atoms. The summed E-state index contributed by atoms with van der Waals surface area (Å²) in [5.74, 6) is -0.142. The highest BCUT2D eigenvalue weighted by atomic mass is 32.1. The number of aromatic nitrogens is 2. The van der Waals surface area contributed by atoms with Crippen LogP contribution in [0.1, 0.15) is 31.7 Å². The minimum atomic E-state index is -0.502. The summed E-state index contributed by atoms with van der Waals surface area (Å²) in [4.78, 5) is 12.6. The third-order valence-corrected chi connectivity index (χ3v) is 4.17. The van der Waals surface area contributed by atoms with Gasteiger partial charge in [-0.1, -0.05) is 18.9 Å². The first-order chi connectivity index (χ1) is 8.75. The van der Waals surface area contributed by atoms with Gasteiger partial charge in [-0.2, -0.15) is 4.68 Å². The van der Waals surface area contributed by atoms with Crippen molar-refractivity contribution in [1.29, 1.82) is 0 Å². The van der Waals surface area contributed by atoms with E-state index < -0.39 is 11.9 Å². The third kappa shape index (κ3) is 2.02. The normalized spacial score (nSPS) is 24.3. The average Bonchev–Trinajstić information content (AvgIpc) is 2.99. The van der Waals surface area contributed by atoms with Gasteiger partial charge in [-0.25, -0.2) is 4.79 Å². The lowest BCUT2D eigenvalue weighted by Crippen LogP contribution is -2.33. The van der Waals surface area contributed by atoms with Crippen molar-refractivity contribution in [2.45, 2.75) is 37.8 Å². The average molecular weight is 266 g/mol. The van der Waals surface area contributed by atoms with Gasteiger partial charge in [0.05, 0.1) is 17.0 Å². The second-order valence-electron chi connectivity index (χ2n) is 4.51. The summed E-state index contributed by atoms with van der Waals surface area (Å²) in [6.45, 7) is 0. The van der Waals surface area contributed by atoms with Gasteiger partial charge in [0.15, 0.2) is 0 Å². The minimum absolute atomic E-state index is 0.247. The van der Waals surface area contributed by atoms with Crippen LogP contribution >= 0.6 is 11.3 Å². The van der Waals surface area contributed by atoms with Gasteiger partial charge in [-0.15, -0.1) is 16.4 Å². The van der Waals surface area contributed by atoms with Crippen LogP contribution in [0.2, 0.25) is 0 Å². The van der Waals surface area contributed by atoms with Gasteiger partial charge in [0, 0.05) is 0 Å². The van der Waals surface area contributed by atoms with Crippen LogP contribution in [0.25, 0.3) is 10.8 Å². The highest BCUT2D eigenvalue weighted by Crippen LogP contribution is 2.28. The molecule has 2 aromatic rings. The molecule has 0 radical (unpaired) electrons. The number of aliphatic hydroxyl groups excluding tert-OH is 1. The second kappa shape index (κ2) is 4.70. The lowest BCUT2D eigenvalue weighted by Gasteiger charge is -2.26. The fourth-order valence-corrected chi connectivity index (χ4v) is 3.02. The SMILES string of the molecule is O=c1oc(-c2cccs2)nn1C1CCCCC1O. The molecule has 6 heteroatoms. The lowest BCUT2D eigenvalue weighted by molar-refractivity contribution is 0.0661. The standard InChI is InChI=1S/C12H14N2O3S/c15-9-5-2-1-4-8(9)14-12(16)17-11(13-14)10-6-3-7-18-10/h3,6-9,15H,1-2,4-5H2. The molecule has 18 heavy (non-hydrogen) atoms. The van der Waals surface area contributed by atoms with E-state index in [1.807, 2.05) is 17.5 Å². The predicted octanol–water partition coefficient (Wildman–Crippen LogP) is 2.04. The number of thiophene rings is 1. The molecule has 3 rings (SSSR count). The quantitative estimate of drug-likeness (QED) is 0.903. The van der Waals surface area contributed by atoms with E-state index in [4.69, 9.17) is 4.42 Å². The molecule has 1 aliphatic rings. The van der Waals surface area contributed by atoms with Crippen LogP contribution in [0.15, 0.2) is 26.7 Å². The summed E-state index contributed by atoms with van der Waals surface area (Å²) in [7, 11) is 0. The number of rotatable bonds is 2. The molecule has 1 fully saturated rings. The molecule has 0 saturated heterocycles. The second-order valence-corrected chi connectivity index (χ2v) is 5.46. The smallest absolute Gasteiger partial charge is 0.391 e. The largest absolute Gasteiger partial charge is 0.437 e. The summed E-state index contributed by atoms with van der Waals surface area (Å²) >= 11 is 1.47.